The summed E-state index contributed by atoms with van der Waals surface area (Å²) < 4.78 is 12.0. The molecular formula is C22H25N5O4. The second-order valence-corrected chi connectivity index (χ2v) is 7.68. The zero-order valence-corrected chi connectivity index (χ0v) is 17.4. The van der Waals surface area contributed by atoms with E-state index in [0.717, 1.165) is 32.1 Å². The number of nitrogens with zero attached hydrogens (tertiary/aromatic N) is 4. The van der Waals surface area contributed by atoms with Crippen molar-refractivity contribution in [3.63, 3.8) is 0 Å². The number of para-hydroxylation sites is 1. The Hall–Kier alpha value is -3.49. The van der Waals surface area contributed by atoms with Crippen LogP contribution >= 0.6 is 0 Å². The first-order valence-corrected chi connectivity index (χ1v) is 10.5. The zero-order valence-electron chi connectivity index (χ0n) is 17.4. The zero-order chi connectivity index (χ0) is 21.7. The van der Waals surface area contributed by atoms with Crippen LogP contribution in [0, 0.1) is 6.92 Å². The molecular weight excluding hydrogens is 398 g/mol. The van der Waals surface area contributed by atoms with Gasteiger partial charge in [0, 0.05) is 13.0 Å². The highest BCUT2D eigenvalue weighted by Gasteiger charge is 2.40. The third-order valence-corrected chi connectivity index (χ3v) is 5.43. The predicted octanol–water partition coefficient (Wildman–Crippen LogP) is 2.60. The molecule has 0 unspecified atom stereocenters. The number of ether oxygens (including phenoxy) is 1. The average Bonchev–Trinajstić information content (AvgIpc) is 3.23. The van der Waals surface area contributed by atoms with Crippen molar-refractivity contribution < 1.29 is 14.1 Å². The topological polar surface area (TPSA) is 112 Å². The minimum atomic E-state index is -0.688. The molecule has 1 saturated carbocycles. The first-order chi connectivity index (χ1) is 15.1. The van der Waals surface area contributed by atoms with Crippen molar-refractivity contribution in [3.05, 3.63) is 70.2 Å². The number of amides is 1. The van der Waals surface area contributed by atoms with E-state index < -0.39 is 5.54 Å². The first kappa shape index (κ1) is 20.8. The van der Waals surface area contributed by atoms with E-state index in [2.05, 4.69) is 20.6 Å². The van der Waals surface area contributed by atoms with Crippen LogP contribution in [0.1, 0.15) is 54.3 Å². The molecule has 1 fully saturated rings. The highest BCUT2D eigenvalue weighted by molar-refractivity contribution is 5.92. The van der Waals surface area contributed by atoms with Crippen LogP contribution in [-0.2, 0) is 12.1 Å². The van der Waals surface area contributed by atoms with E-state index in [-0.39, 0.29) is 30.3 Å². The smallest absolute Gasteiger partial charge is 0.272 e. The van der Waals surface area contributed by atoms with Gasteiger partial charge in [0.05, 0.1) is 6.54 Å². The quantitative estimate of drug-likeness (QED) is 0.621. The Labute approximate surface area is 179 Å². The molecule has 0 bridgehead atoms. The first-order valence-electron chi connectivity index (χ1n) is 10.5. The van der Waals surface area contributed by atoms with Gasteiger partial charge < -0.3 is 14.6 Å². The molecule has 1 aliphatic carbocycles. The predicted molar refractivity (Wildman–Crippen MR) is 112 cm³/mol. The summed E-state index contributed by atoms with van der Waals surface area (Å²) in [6.45, 7) is 2.21. The summed E-state index contributed by atoms with van der Waals surface area (Å²) in [5.41, 5.74) is -0.828. The Morgan fingerprint density at radius 2 is 1.94 bits per heavy atom. The molecule has 0 spiro atoms. The van der Waals surface area contributed by atoms with Crippen LogP contribution in [0.25, 0.3) is 0 Å². The molecule has 9 nitrogen and oxygen atoms in total. The number of nitrogens with one attached hydrogen (secondary N) is 1. The molecule has 31 heavy (non-hydrogen) atoms. The second kappa shape index (κ2) is 9.11. The molecule has 0 aliphatic heterocycles. The van der Waals surface area contributed by atoms with Crippen LogP contribution in [-0.4, -0.2) is 32.4 Å². The molecule has 2 aromatic heterocycles. The third kappa shape index (κ3) is 4.82. The highest BCUT2D eigenvalue weighted by Crippen LogP contribution is 2.35. The molecule has 9 heteroatoms. The third-order valence-electron chi connectivity index (χ3n) is 5.43. The van der Waals surface area contributed by atoms with Crippen molar-refractivity contribution >= 4 is 5.91 Å². The number of benzene rings is 1. The van der Waals surface area contributed by atoms with Crippen molar-refractivity contribution in [2.75, 3.05) is 6.61 Å². The fourth-order valence-electron chi connectivity index (χ4n) is 3.83. The molecule has 1 aromatic carbocycles. The SMILES string of the molecule is Cc1nc(C2(NC(=O)c3ccc(=O)n(CCOc4ccccc4)n3)CCCCC2)no1. The molecule has 3 aromatic rings. The molecule has 2 heterocycles. The van der Waals surface area contributed by atoms with E-state index in [9.17, 15) is 9.59 Å². The number of aromatic nitrogens is 4. The Morgan fingerprint density at radius 3 is 2.65 bits per heavy atom. The summed E-state index contributed by atoms with van der Waals surface area (Å²) in [5.74, 6) is 1.28. The van der Waals surface area contributed by atoms with Gasteiger partial charge in [-0.15, -0.1) is 0 Å². The summed E-state index contributed by atoms with van der Waals surface area (Å²) in [4.78, 5) is 29.6. The van der Waals surface area contributed by atoms with E-state index >= 15 is 0 Å². The lowest BCUT2D eigenvalue weighted by Gasteiger charge is -2.35. The number of carbonyl (C=O) groups excluding carboxylic acids is 1. The molecule has 4 rings (SSSR count). The minimum absolute atomic E-state index is 0.157. The lowest BCUT2D eigenvalue weighted by atomic mass is 9.81. The summed E-state index contributed by atoms with van der Waals surface area (Å²) in [6.07, 6.45) is 4.46. The summed E-state index contributed by atoms with van der Waals surface area (Å²) in [5, 5.41) is 11.4. The number of carbonyl (C=O) groups is 1. The Bertz CT molecular complexity index is 1090. The average molecular weight is 423 g/mol. The van der Waals surface area contributed by atoms with Crippen molar-refractivity contribution in [3.8, 4) is 5.75 Å². The number of aryl methyl sites for hydroxylation is 1. The standard InChI is InChI=1S/C22H25N5O4/c1-16-23-21(26-31-16)22(12-6-3-7-13-22)24-20(29)18-10-11-19(28)27(25-18)14-15-30-17-8-4-2-5-9-17/h2,4-5,8-11H,3,6-7,12-15H2,1H3,(H,24,29). The number of rotatable bonds is 7. The Balaban J connectivity index is 1.48. The van der Waals surface area contributed by atoms with Gasteiger partial charge in [0.25, 0.3) is 11.5 Å². The van der Waals surface area contributed by atoms with Crippen LogP contribution in [0.15, 0.2) is 51.8 Å². The van der Waals surface area contributed by atoms with Crippen LogP contribution < -0.4 is 15.6 Å². The highest BCUT2D eigenvalue weighted by atomic mass is 16.5. The molecule has 1 amide bonds. The largest absolute Gasteiger partial charge is 0.492 e. The van der Waals surface area contributed by atoms with Crippen LogP contribution in [0.3, 0.4) is 0 Å². The molecule has 1 N–H and O–H groups in total. The van der Waals surface area contributed by atoms with Gasteiger partial charge in [-0.3, -0.25) is 9.59 Å². The molecule has 0 atom stereocenters. The van der Waals surface area contributed by atoms with E-state index in [1.54, 1.807) is 6.92 Å². The number of hydrogen-bond donors (Lipinski definition) is 1. The lowest BCUT2D eigenvalue weighted by molar-refractivity contribution is 0.0847. The van der Waals surface area contributed by atoms with Gasteiger partial charge in [-0.05, 0) is 31.0 Å². The molecule has 162 valence electrons. The van der Waals surface area contributed by atoms with Gasteiger partial charge >= 0.3 is 0 Å². The van der Waals surface area contributed by atoms with Gasteiger partial charge in [-0.25, -0.2) is 4.68 Å². The molecule has 0 radical (unpaired) electrons. The monoisotopic (exact) mass is 423 g/mol. The fraction of sp³-hybridized carbons (Fsp3) is 0.409. The maximum absolute atomic E-state index is 13.1. The van der Waals surface area contributed by atoms with Crippen molar-refractivity contribution in [1.82, 2.24) is 25.2 Å². The van der Waals surface area contributed by atoms with E-state index in [1.165, 1.54) is 16.8 Å². The van der Waals surface area contributed by atoms with Gasteiger partial charge in [0.1, 0.15) is 23.6 Å². The van der Waals surface area contributed by atoms with Crippen LogP contribution in [0.5, 0.6) is 5.75 Å². The van der Waals surface area contributed by atoms with Gasteiger partial charge in [0.2, 0.25) is 5.89 Å². The summed E-state index contributed by atoms with van der Waals surface area (Å²) in [7, 11) is 0. The van der Waals surface area contributed by atoms with Gasteiger partial charge in [-0.2, -0.15) is 10.1 Å². The number of hydrogen-bond acceptors (Lipinski definition) is 7. The molecule has 0 saturated heterocycles. The maximum atomic E-state index is 13.1. The fourth-order valence-corrected chi connectivity index (χ4v) is 3.83. The van der Waals surface area contributed by atoms with E-state index in [4.69, 9.17) is 9.26 Å². The van der Waals surface area contributed by atoms with Crippen molar-refractivity contribution in [2.45, 2.75) is 51.1 Å². The van der Waals surface area contributed by atoms with Gasteiger partial charge in [0.15, 0.2) is 5.82 Å². The van der Waals surface area contributed by atoms with E-state index in [1.807, 2.05) is 30.3 Å². The Morgan fingerprint density at radius 1 is 1.16 bits per heavy atom. The maximum Gasteiger partial charge on any atom is 0.272 e. The molecule has 1 aliphatic rings. The van der Waals surface area contributed by atoms with Crippen molar-refractivity contribution in [1.29, 1.82) is 0 Å². The minimum Gasteiger partial charge on any atom is -0.492 e. The lowest BCUT2D eigenvalue weighted by Crippen LogP contribution is -2.48. The Kier molecular flexibility index (Phi) is 6.11. The second-order valence-electron chi connectivity index (χ2n) is 7.68. The summed E-state index contributed by atoms with van der Waals surface area (Å²) >= 11 is 0. The van der Waals surface area contributed by atoms with E-state index in [0.29, 0.717) is 17.5 Å². The van der Waals surface area contributed by atoms with Crippen LogP contribution in [0.2, 0.25) is 0 Å². The van der Waals surface area contributed by atoms with Gasteiger partial charge in [-0.1, -0.05) is 42.6 Å². The van der Waals surface area contributed by atoms with Crippen molar-refractivity contribution in [2.24, 2.45) is 0 Å². The van der Waals surface area contributed by atoms with Crippen LogP contribution in [0.4, 0.5) is 0 Å². The normalized spacial score (nSPS) is 15.4. The summed E-state index contributed by atoms with van der Waals surface area (Å²) in [6, 6.07) is 12.1.